The van der Waals surface area contributed by atoms with Crippen molar-refractivity contribution in [2.45, 2.75) is 18.6 Å². The molecular formula is C12H27NO5S. The van der Waals surface area contributed by atoms with E-state index in [1.165, 1.54) is 6.26 Å². The maximum atomic E-state index is 11.4. The van der Waals surface area contributed by atoms with Crippen LogP contribution in [0.1, 0.15) is 13.8 Å². The van der Waals surface area contributed by atoms with Gasteiger partial charge in [0, 0.05) is 26.5 Å². The summed E-state index contributed by atoms with van der Waals surface area (Å²) in [6, 6.07) is 0. The van der Waals surface area contributed by atoms with E-state index in [2.05, 4.69) is 5.32 Å². The van der Waals surface area contributed by atoms with Gasteiger partial charge in [-0.2, -0.15) is 0 Å². The minimum Gasteiger partial charge on any atom is -0.382 e. The van der Waals surface area contributed by atoms with Gasteiger partial charge in [-0.15, -0.1) is 0 Å². The number of hydrogen-bond acceptors (Lipinski definition) is 6. The summed E-state index contributed by atoms with van der Waals surface area (Å²) in [5.74, 6) is 0. The third-order valence-corrected chi connectivity index (χ3v) is 4.93. The quantitative estimate of drug-likeness (QED) is 0.514. The standard InChI is InChI=1S/C12H27NO5S/c1-12(2,19(4,14)15)11-13-5-6-17-9-10-18-8-7-16-3/h13H,5-11H2,1-4H3. The molecule has 0 bridgehead atoms. The smallest absolute Gasteiger partial charge is 0.153 e. The minimum absolute atomic E-state index is 0.416. The molecular weight excluding hydrogens is 270 g/mol. The number of sulfone groups is 1. The highest BCUT2D eigenvalue weighted by atomic mass is 32.2. The normalized spacial score (nSPS) is 12.8. The molecule has 0 spiro atoms. The second kappa shape index (κ2) is 9.66. The Kier molecular flexibility index (Phi) is 9.55. The Bertz CT molecular complexity index is 316. The zero-order chi connectivity index (χ0) is 14.8. The monoisotopic (exact) mass is 297 g/mol. The SMILES string of the molecule is COCCOCCOCCNCC(C)(C)S(C)(=O)=O. The molecule has 0 aliphatic heterocycles. The molecule has 116 valence electrons. The molecule has 0 saturated carbocycles. The Hall–Kier alpha value is -0.210. The Morgan fingerprint density at radius 2 is 1.53 bits per heavy atom. The van der Waals surface area contributed by atoms with Crippen LogP contribution in [0, 0.1) is 0 Å². The van der Waals surface area contributed by atoms with Crippen LogP contribution in [0.15, 0.2) is 0 Å². The maximum absolute atomic E-state index is 11.4. The van der Waals surface area contributed by atoms with Crippen molar-refractivity contribution in [1.29, 1.82) is 0 Å². The molecule has 0 saturated heterocycles. The molecule has 0 aliphatic rings. The maximum Gasteiger partial charge on any atom is 0.153 e. The molecule has 0 aromatic heterocycles. The summed E-state index contributed by atoms with van der Waals surface area (Å²) in [5, 5.41) is 3.08. The van der Waals surface area contributed by atoms with Crippen LogP contribution < -0.4 is 5.32 Å². The summed E-state index contributed by atoms with van der Waals surface area (Å²) in [6.45, 7) is 7.21. The first-order valence-corrected chi connectivity index (χ1v) is 8.25. The molecule has 6 nitrogen and oxygen atoms in total. The van der Waals surface area contributed by atoms with Crippen LogP contribution >= 0.6 is 0 Å². The largest absolute Gasteiger partial charge is 0.382 e. The molecule has 0 unspecified atom stereocenters. The van der Waals surface area contributed by atoms with Crippen LogP contribution in [0.2, 0.25) is 0 Å². The average Bonchev–Trinajstić information content (AvgIpc) is 2.30. The van der Waals surface area contributed by atoms with E-state index in [1.54, 1.807) is 21.0 Å². The van der Waals surface area contributed by atoms with E-state index < -0.39 is 14.6 Å². The second-order valence-corrected chi connectivity index (χ2v) is 7.58. The third kappa shape index (κ3) is 9.34. The van der Waals surface area contributed by atoms with Crippen molar-refractivity contribution in [3.63, 3.8) is 0 Å². The topological polar surface area (TPSA) is 73.9 Å². The van der Waals surface area contributed by atoms with Crippen LogP contribution in [0.3, 0.4) is 0 Å². The first-order chi connectivity index (χ1) is 8.81. The van der Waals surface area contributed by atoms with Gasteiger partial charge in [-0.05, 0) is 13.8 Å². The molecule has 1 N–H and O–H groups in total. The van der Waals surface area contributed by atoms with E-state index in [0.29, 0.717) is 46.1 Å². The number of hydrogen-bond donors (Lipinski definition) is 1. The van der Waals surface area contributed by atoms with Gasteiger partial charge in [-0.1, -0.05) is 0 Å². The number of ether oxygens (including phenoxy) is 3. The summed E-state index contributed by atoms with van der Waals surface area (Å²) in [7, 11) is -1.42. The summed E-state index contributed by atoms with van der Waals surface area (Å²) >= 11 is 0. The van der Waals surface area contributed by atoms with Crippen LogP contribution in [0.4, 0.5) is 0 Å². The van der Waals surface area contributed by atoms with Crippen molar-refractivity contribution in [2.75, 3.05) is 59.5 Å². The first-order valence-electron chi connectivity index (χ1n) is 6.36. The van der Waals surface area contributed by atoms with E-state index in [1.807, 2.05) is 0 Å². The molecule has 7 heteroatoms. The Morgan fingerprint density at radius 1 is 1.00 bits per heavy atom. The fraction of sp³-hybridized carbons (Fsp3) is 1.00. The predicted molar refractivity (Wildman–Crippen MR) is 75.3 cm³/mol. The van der Waals surface area contributed by atoms with Gasteiger partial charge in [-0.3, -0.25) is 0 Å². The van der Waals surface area contributed by atoms with E-state index in [-0.39, 0.29) is 0 Å². The van der Waals surface area contributed by atoms with Crippen molar-refractivity contribution in [1.82, 2.24) is 5.32 Å². The van der Waals surface area contributed by atoms with Gasteiger partial charge in [-0.25, -0.2) is 8.42 Å². The molecule has 0 atom stereocenters. The fourth-order valence-electron chi connectivity index (χ4n) is 1.13. The molecule has 0 heterocycles. The van der Waals surface area contributed by atoms with Crippen molar-refractivity contribution in [3.8, 4) is 0 Å². The van der Waals surface area contributed by atoms with Gasteiger partial charge >= 0.3 is 0 Å². The van der Waals surface area contributed by atoms with E-state index in [4.69, 9.17) is 14.2 Å². The summed E-state index contributed by atoms with van der Waals surface area (Å²) in [4.78, 5) is 0. The summed E-state index contributed by atoms with van der Waals surface area (Å²) < 4.78 is 37.5. The van der Waals surface area contributed by atoms with Crippen LogP contribution in [-0.4, -0.2) is 72.7 Å². The van der Waals surface area contributed by atoms with Gasteiger partial charge < -0.3 is 19.5 Å². The van der Waals surface area contributed by atoms with E-state index >= 15 is 0 Å². The lowest BCUT2D eigenvalue weighted by molar-refractivity contribution is 0.0255. The lowest BCUT2D eigenvalue weighted by Gasteiger charge is -2.22. The molecule has 0 aromatic carbocycles. The Labute approximate surface area is 116 Å². The Balaban J connectivity index is 3.42. The lowest BCUT2D eigenvalue weighted by atomic mass is 10.2. The highest BCUT2D eigenvalue weighted by Crippen LogP contribution is 2.12. The van der Waals surface area contributed by atoms with Gasteiger partial charge in [0.2, 0.25) is 0 Å². The molecule has 19 heavy (non-hydrogen) atoms. The first kappa shape index (κ1) is 18.8. The molecule has 0 rings (SSSR count). The third-order valence-electron chi connectivity index (χ3n) is 2.78. The Morgan fingerprint density at radius 3 is 2.05 bits per heavy atom. The van der Waals surface area contributed by atoms with Crippen molar-refractivity contribution >= 4 is 9.84 Å². The highest BCUT2D eigenvalue weighted by Gasteiger charge is 2.29. The zero-order valence-electron chi connectivity index (χ0n) is 12.4. The lowest BCUT2D eigenvalue weighted by Crippen LogP contribution is -2.42. The van der Waals surface area contributed by atoms with Crippen molar-refractivity contribution in [3.05, 3.63) is 0 Å². The zero-order valence-corrected chi connectivity index (χ0v) is 13.2. The molecule has 0 radical (unpaired) electrons. The summed E-state index contributed by atoms with van der Waals surface area (Å²) in [6.07, 6.45) is 1.25. The average molecular weight is 297 g/mol. The van der Waals surface area contributed by atoms with Crippen LogP contribution in [0.5, 0.6) is 0 Å². The number of rotatable bonds is 12. The van der Waals surface area contributed by atoms with E-state index in [0.717, 1.165) is 0 Å². The molecule has 0 fully saturated rings. The molecule has 0 amide bonds. The predicted octanol–water partition coefficient (Wildman–Crippen LogP) is 0.0788. The van der Waals surface area contributed by atoms with Gasteiger partial charge in [0.15, 0.2) is 9.84 Å². The molecule has 0 aliphatic carbocycles. The van der Waals surface area contributed by atoms with Gasteiger partial charge in [0.1, 0.15) is 0 Å². The molecule has 0 aromatic rings. The second-order valence-electron chi connectivity index (χ2n) is 4.93. The summed E-state index contributed by atoms with van der Waals surface area (Å²) in [5.41, 5.74) is 0. The van der Waals surface area contributed by atoms with Crippen LogP contribution in [-0.2, 0) is 24.0 Å². The minimum atomic E-state index is -3.05. The van der Waals surface area contributed by atoms with Gasteiger partial charge in [0.05, 0.1) is 37.8 Å². The van der Waals surface area contributed by atoms with Crippen molar-refractivity contribution < 1.29 is 22.6 Å². The fourth-order valence-corrected chi connectivity index (χ4v) is 1.49. The number of nitrogens with one attached hydrogen (secondary N) is 1. The number of methoxy groups -OCH3 is 1. The van der Waals surface area contributed by atoms with Crippen molar-refractivity contribution in [2.24, 2.45) is 0 Å². The van der Waals surface area contributed by atoms with Crippen LogP contribution in [0.25, 0.3) is 0 Å². The highest BCUT2D eigenvalue weighted by molar-refractivity contribution is 7.92. The van der Waals surface area contributed by atoms with Gasteiger partial charge in [0.25, 0.3) is 0 Å². The van der Waals surface area contributed by atoms with E-state index in [9.17, 15) is 8.42 Å².